The number of anilines is 2. The lowest BCUT2D eigenvalue weighted by molar-refractivity contribution is 0.122. The quantitative estimate of drug-likeness (QED) is 0.876. The van der Waals surface area contributed by atoms with Gasteiger partial charge in [0.2, 0.25) is 5.13 Å². The van der Waals surface area contributed by atoms with E-state index in [0.29, 0.717) is 11.7 Å². The summed E-state index contributed by atoms with van der Waals surface area (Å²) in [5, 5.41) is 13.2. The zero-order valence-corrected chi connectivity index (χ0v) is 12.7. The Morgan fingerprint density at radius 1 is 1.36 bits per heavy atom. The molecule has 1 aliphatic heterocycles. The maximum absolute atomic E-state index is 11.7. The van der Waals surface area contributed by atoms with Crippen molar-refractivity contribution < 1.29 is 9.53 Å². The third-order valence-electron chi connectivity index (χ3n) is 3.18. The number of morpholine rings is 1. The van der Waals surface area contributed by atoms with Crippen LogP contribution in [0.5, 0.6) is 0 Å². The lowest BCUT2D eigenvalue weighted by Gasteiger charge is -2.27. The molecule has 8 nitrogen and oxygen atoms in total. The fourth-order valence-corrected chi connectivity index (χ4v) is 2.49. The van der Waals surface area contributed by atoms with Gasteiger partial charge in [0, 0.05) is 25.8 Å². The van der Waals surface area contributed by atoms with Crippen LogP contribution in [0.15, 0.2) is 23.8 Å². The topological polar surface area (TPSA) is 92.3 Å². The van der Waals surface area contributed by atoms with Gasteiger partial charge in [0.25, 0.3) is 0 Å². The van der Waals surface area contributed by atoms with Crippen LogP contribution in [0.25, 0.3) is 0 Å². The fourth-order valence-electron chi connectivity index (χ4n) is 2.05. The Morgan fingerprint density at radius 2 is 2.23 bits per heavy atom. The summed E-state index contributed by atoms with van der Waals surface area (Å²) in [5.41, 5.74) is 2.49. The molecule has 0 aliphatic carbocycles. The van der Waals surface area contributed by atoms with Gasteiger partial charge in [-0.15, -0.1) is 10.2 Å². The van der Waals surface area contributed by atoms with Gasteiger partial charge in [0.15, 0.2) is 0 Å². The van der Waals surface area contributed by atoms with Crippen LogP contribution in [-0.2, 0) is 11.3 Å². The van der Waals surface area contributed by atoms with Crippen LogP contribution in [0.2, 0.25) is 0 Å². The Morgan fingerprint density at radius 3 is 2.91 bits per heavy atom. The van der Waals surface area contributed by atoms with E-state index in [0.717, 1.165) is 37.7 Å². The van der Waals surface area contributed by atoms with Gasteiger partial charge in [-0.3, -0.25) is 5.32 Å². The van der Waals surface area contributed by atoms with Gasteiger partial charge in [-0.25, -0.2) is 9.78 Å². The molecule has 2 amide bonds. The smallest absolute Gasteiger partial charge is 0.321 e. The summed E-state index contributed by atoms with van der Waals surface area (Å²) in [6.07, 6.45) is 1.77. The first-order chi connectivity index (χ1) is 10.8. The fraction of sp³-hybridized carbons (Fsp3) is 0.385. The van der Waals surface area contributed by atoms with E-state index in [1.165, 1.54) is 11.3 Å². The molecule has 0 unspecified atom stereocenters. The molecule has 0 aromatic carbocycles. The molecule has 116 valence electrons. The van der Waals surface area contributed by atoms with Gasteiger partial charge in [0.05, 0.1) is 13.2 Å². The van der Waals surface area contributed by atoms with Crippen molar-refractivity contribution >= 4 is 28.3 Å². The summed E-state index contributed by atoms with van der Waals surface area (Å²) < 4.78 is 5.32. The normalized spacial score (nSPS) is 14.6. The van der Waals surface area contributed by atoms with E-state index in [2.05, 4.69) is 30.7 Å². The largest absolute Gasteiger partial charge is 0.378 e. The molecular weight excluding hydrogens is 304 g/mol. The predicted octanol–water partition coefficient (Wildman–Crippen LogP) is 1.09. The summed E-state index contributed by atoms with van der Waals surface area (Å²) in [6.45, 7) is 3.58. The highest BCUT2D eigenvalue weighted by molar-refractivity contribution is 7.13. The molecule has 1 aliphatic rings. The summed E-state index contributed by atoms with van der Waals surface area (Å²) in [7, 11) is 0. The van der Waals surface area contributed by atoms with E-state index in [1.807, 2.05) is 12.1 Å². The Bertz CT molecular complexity index is 598. The number of nitrogens with zero attached hydrogens (tertiary/aromatic N) is 4. The molecule has 0 radical (unpaired) electrons. The van der Waals surface area contributed by atoms with Gasteiger partial charge < -0.3 is 15.0 Å². The molecule has 0 saturated carbocycles. The minimum absolute atomic E-state index is 0.311. The molecule has 2 N–H and O–H groups in total. The minimum Gasteiger partial charge on any atom is -0.378 e. The maximum Gasteiger partial charge on any atom is 0.321 e. The van der Waals surface area contributed by atoms with E-state index >= 15 is 0 Å². The highest BCUT2D eigenvalue weighted by Gasteiger charge is 2.12. The summed E-state index contributed by atoms with van der Waals surface area (Å²) >= 11 is 1.27. The van der Waals surface area contributed by atoms with Crippen LogP contribution in [0, 0.1) is 0 Å². The van der Waals surface area contributed by atoms with Gasteiger partial charge in [-0.1, -0.05) is 17.4 Å². The lowest BCUT2D eigenvalue weighted by Crippen LogP contribution is -2.36. The van der Waals surface area contributed by atoms with Crippen LogP contribution in [0.3, 0.4) is 0 Å². The number of carbonyl (C=O) groups is 1. The zero-order chi connectivity index (χ0) is 15.2. The molecule has 3 heterocycles. The van der Waals surface area contributed by atoms with Crippen molar-refractivity contribution in [2.75, 3.05) is 36.5 Å². The Balaban J connectivity index is 1.49. The van der Waals surface area contributed by atoms with Crippen LogP contribution in [0.1, 0.15) is 5.56 Å². The number of carbonyl (C=O) groups excluding carboxylic acids is 1. The highest BCUT2D eigenvalue weighted by Crippen LogP contribution is 2.13. The minimum atomic E-state index is -0.311. The molecule has 0 spiro atoms. The van der Waals surface area contributed by atoms with Crippen LogP contribution in [-0.4, -0.2) is 47.5 Å². The number of hydrogen-bond acceptors (Lipinski definition) is 7. The Kier molecular flexibility index (Phi) is 4.76. The molecule has 2 aromatic heterocycles. The Labute approximate surface area is 131 Å². The molecule has 1 fully saturated rings. The number of amides is 2. The lowest BCUT2D eigenvalue weighted by atomic mass is 10.2. The SMILES string of the molecule is O=C(NCc1ccc(N2CCOCC2)nc1)Nc1nncs1. The first-order valence-corrected chi connectivity index (χ1v) is 7.78. The number of ether oxygens (including phenoxy) is 1. The predicted molar refractivity (Wildman–Crippen MR) is 83.0 cm³/mol. The van der Waals surface area contributed by atoms with Gasteiger partial charge >= 0.3 is 6.03 Å². The van der Waals surface area contributed by atoms with E-state index in [1.54, 1.807) is 11.7 Å². The number of hydrogen-bond donors (Lipinski definition) is 2. The average Bonchev–Trinajstić information content (AvgIpc) is 3.07. The second-order valence-electron chi connectivity index (χ2n) is 4.68. The van der Waals surface area contributed by atoms with E-state index in [-0.39, 0.29) is 6.03 Å². The third kappa shape index (κ3) is 3.89. The van der Waals surface area contributed by atoms with Crippen molar-refractivity contribution in [2.45, 2.75) is 6.54 Å². The number of urea groups is 1. The molecular formula is C13H16N6O2S. The number of rotatable bonds is 4. The van der Waals surface area contributed by atoms with Crippen molar-refractivity contribution in [2.24, 2.45) is 0 Å². The summed E-state index contributed by atoms with van der Waals surface area (Å²) in [4.78, 5) is 18.3. The van der Waals surface area contributed by atoms with Crippen molar-refractivity contribution in [1.82, 2.24) is 20.5 Å². The van der Waals surface area contributed by atoms with Crippen LogP contribution < -0.4 is 15.5 Å². The highest BCUT2D eigenvalue weighted by atomic mass is 32.1. The van der Waals surface area contributed by atoms with Gasteiger partial charge in [0.1, 0.15) is 11.3 Å². The van der Waals surface area contributed by atoms with E-state index < -0.39 is 0 Å². The van der Waals surface area contributed by atoms with Crippen molar-refractivity contribution in [3.05, 3.63) is 29.4 Å². The third-order valence-corrected chi connectivity index (χ3v) is 3.78. The maximum atomic E-state index is 11.7. The van der Waals surface area contributed by atoms with Gasteiger partial charge in [-0.05, 0) is 11.6 Å². The van der Waals surface area contributed by atoms with E-state index in [4.69, 9.17) is 4.74 Å². The number of pyridine rings is 1. The van der Waals surface area contributed by atoms with Crippen molar-refractivity contribution in [3.8, 4) is 0 Å². The number of aromatic nitrogens is 3. The number of nitrogens with one attached hydrogen (secondary N) is 2. The van der Waals surface area contributed by atoms with Gasteiger partial charge in [-0.2, -0.15) is 0 Å². The Hall–Kier alpha value is -2.26. The average molecular weight is 320 g/mol. The molecule has 3 rings (SSSR count). The monoisotopic (exact) mass is 320 g/mol. The standard InChI is InChI=1S/C13H16N6O2S/c20-12(17-13-18-16-9-22-13)15-8-10-1-2-11(14-7-10)19-3-5-21-6-4-19/h1-2,7,9H,3-6,8H2,(H2,15,17,18,20). The second kappa shape index (κ2) is 7.14. The zero-order valence-electron chi connectivity index (χ0n) is 11.9. The molecule has 22 heavy (non-hydrogen) atoms. The van der Waals surface area contributed by atoms with Crippen molar-refractivity contribution in [1.29, 1.82) is 0 Å². The first kappa shape index (κ1) is 14.7. The molecule has 2 aromatic rings. The first-order valence-electron chi connectivity index (χ1n) is 6.90. The van der Waals surface area contributed by atoms with Crippen LogP contribution >= 0.6 is 11.3 Å². The van der Waals surface area contributed by atoms with Crippen LogP contribution in [0.4, 0.5) is 15.7 Å². The summed E-state index contributed by atoms with van der Waals surface area (Å²) in [6, 6.07) is 3.61. The van der Waals surface area contributed by atoms with E-state index in [9.17, 15) is 4.79 Å². The molecule has 1 saturated heterocycles. The van der Waals surface area contributed by atoms with Crippen molar-refractivity contribution in [3.63, 3.8) is 0 Å². The summed E-state index contributed by atoms with van der Waals surface area (Å²) in [5.74, 6) is 0.936. The molecule has 0 bridgehead atoms. The molecule has 0 atom stereocenters. The molecule has 9 heteroatoms. The second-order valence-corrected chi connectivity index (χ2v) is 5.51.